The van der Waals surface area contributed by atoms with Gasteiger partial charge in [0.25, 0.3) is 5.91 Å². The Bertz CT molecular complexity index is 1330. The molecule has 2 N–H and O–H groups in total. The lowest BCUT2D eigenvalue weighted by Gasteiger charge is -2.38. The average Bonchev–Trinajstić information content (AvgIpc) is 2.99. The van der Waals surface area contributed by atoms with Gasteiger partial charge in [0.2, 0.25) is 15.9 Å². The molecule has 2 amide bonds. The maximum Gasteiger partial charge on any atom is 0.258 e. The number of methoxy groups -OCH3 is 1. The van der Waals surface area contributed by atoms with Crippen LogP contribution in [0.5, 0.6) is 11.5 Å². The van der Waals surface area contributed by atoms with Crippen LogP contribution in [0.1, 0.15) is 56.3 Å². The molecule has 224 valence electrons. The number of likely N-dealkylation sites (N-methyl/N-ethyl adjacent to an activating group) is 1. The van der Waals surface area contributed by atoms with Gasteiger partial charge in [-0.05, 0) is 62.2 Å². The molecule has 0 aromatic heterocycles. The van der Waals surface area contributed by atoms with Gasteiger partial charge in [-0.3, -0.25) is 9.59 Å². The van der Waals surface area contributed by atoms with Gasteiger partial charge in [-0.1, -0.05) is 26.2 Å². The van der Waals surface area contributed by atoms with Crippen molar-refractivity contribution >= 4 is 27.5 Å². The zero-order valence-electron chi connectivity index (χ0n) is 24.2. The first-order chi connectivity index (χ1) is 19.5. The number of carbonyl (C=O) groups is 2. The largest absolute Gasteiger partial charge is 0.497 e. The van der Waals surface area contributed by atoms with E-state index in [0.29, 0.717) is 17.2 Å². The Kier molecular flexibility index (Phi) is 9.93. The Morgan fingerprint density at radius 2 is 1.85 bits per heavy atom. The van der Waals surface area contributed by atoms with Crippen molar-refractivity contribution in [3.05, 3.63) is 48.0 Å². The first-order valence-corrected chi connectivity index (χ1v) is 15.6. The molecular formula is C30H41N3O7S. The quantitative estimate of drug-likeness (QED) is 0.458. The van der Waals surface area contributed by atoms with Crippen LogP contribution in [0.25, 0.3) is 0 Å². The van der Waals surface area contributed by atoms with Crippen molar-refractivity contribution in [2.45, 2.75) is 63.0 Å². The molecule has 1 fully saturated rings. The summed E-state index contributed by atoms with van der Waals surface area (Å²) in [5, 5.41) is 12.9. The summed E-state index contributed by atoms with van der Waals surface area (Å²) in [7, 11) is -0.819. The van der Waals surface area contributed by atoms with Crippen molar-refractivity contribution in [3.63, 3.8) is 0 Å². The number of ether oxygens (including phenoxy) is 2. The van der Waals surface area contributed by atoms with E-state index in [2.05, 4.69) is 5.32 Å². The highest BCUT2D eigenvalue weighted by atomic mass is 32.2. The molecule has 0 unspecified atom stereocenters. The van der Waals surface area contributed by atoms with Gasteiger partial charge in [0.15, 0.2) is 0 Å². The van der Waals surface area contributed by atoms with Gasteiger partial charge in [0, 0.05) is 31.1 Å². The Morgan fingerprint density at radius 3 is 2.49 bits per heavy atom. The van der Waals surface area contributed by atoms with E-state index >= 15 is 0 Å². The molecule has 2 aromatic rings. The molecule has 2 aliphatic rings. The molecule has 4 rings (SSSR count). The molecular weight excluding hydrogens is 546 g/mol. The summed E-state index contributed by atoms with van der Waals surface area (Å²) in [4.78, 5) is 28.3. The van der Waals surface area contributed by atoms with E-state index in [1.165, 1.54) is 30.6 Å². The molecule has 1 aliphatic heterocycles. The summed E-state index contributed by atoms with van der Waals surface area (Å²) in [6, 6.07) is 10.7. The van der Waals surface area contributed by atoms with Crippen molar-refractivity contribution < 1.29 is 32.6 Å². The number of aliphatic hydroxyl groups excluding tert-OH is 1. The molecule has 1 saturated carbocycles. The molecule has 41 heavy (non-hydrogen) atoms. The molecule has 0 saturated heterocycles. The number of anilines is 1. The average molecular weight is 588 g/mol. The van der Waals surface area contributed by atoms with Gasteiger partial charge >= 0.3 is 0 Å². The number of sulfonamides is 1. The van der Waals surface area contributed by atoms with Crippen LogP contribution in [-0.2, 0) is 14.8 Å². The first kappa shape index (κ1) is 30.8. The van der Waals surface area contributed by atoms with Crippen LogP contribution in [0.4, 0.5) is 5.69 Å². The molecule has 2 aromatic carbocycles. The predicted octanol–water partition coefficient (Wildman–Crippen LogP) is 3.75. The zero-order valence-corrected chi connectivity index (χ0v) is 25.0. The van der Waals surface area contributed by atoms with E-state index in [1.807, 2.05) is 6.92 Å². The SMILES string of the molecule is COc1ccc(S(=O)(=O)N(C)C[C@@H]2Oc3ccc(NC(=O)C4CCCCC4)cc3C(=O)N([C@@H](C)CO)C[C@@H]2C)cc1. The van der Waals surface area contributed by atoms with Crippen LogP contribution in [0.15, 0.2) is 47.4 Å². The molecule has 3 atom stereocenters. The topological polar surface area (TPSA) is 125 Å². The molecule has 1 heterocycles. The highest BCUT2D eigenvalue weighted by Crippen LogP contribution is 2.32. The summed E-state index contributed by atoms with van der Waals surface area (Å²) >= 11 is 0. The van der Waals surface area contributed by atoms with E-state index < -0.39 is 22.2 Å². The lowest BCUT2D eigenvalue weighted by atomic mass is 9.88. The molecule has 1 aliphatic carbocycles. The van der Waals surface area contributed by atoms with Crippen LogP contribution in [-0.4, -0.2) is 80.5 Å². The first-order valence-electron chi connectivity index (χ1n) is 14.2. The maximum absolute atomic E-state index is 13.7. The number of hydrogen-bond acceptors (Lipinski definition) is 7. The molecule has 10 nitrogen and oxygen atoms in total. The Morgan fingerprint density at radius 1 is 1.17 bits per heavy atom. The smallest absolute Gasteiger partial charge is 0.258 e. The van der Waals surface area contributed by atoms with Gasteiger partial charge in [-0.15, -0.1) is 0 Å². The zero-order chi connectivity index (χ0) is 29.7. The Balaban J connectivity index is 1.61. The Hall–Kier alpha value is -3.15. The van der Waals surface area contributed by atoms with E-state index in [-0.39, 0.29) is 53.8 Å². The fourth-order valence-corrected chi connectivity index (χ4v) is 6.59. The van der Waals surface area contributed by atoms with Crippen LogP contribution in [0, 0.1) is 11.8 Å². The number of amides is 2. The van der Waals surface area contributed by atoms with Gasteiger partial charge < -0.3 is 24.8 Å². The fourth-order valence-electron chi connectivity index (χ4n) is 5.41. The summed E-state index contributed by atoms with van der Waals surface area (Å²) in [5.74, 6) is 0.170. The van der Waals surface area contributed by atoms with E-state index in [0.717, 1.165) is 32.1 Å². The van der Waals surface area contributed by atoms with Crippen LogP contribution in [0.3, 0.4) is 0 Å². The minimum atomic E-state index is -3.83. The third-order valence-corrected chi connectivity index (χ3v) is 9.95. The second kappa shape index (κ2) is 13.2. The summed E-state index contributed by atoms with van der Waals surface area (Å²) in [6.45, 7) is 3.71. The predicted molar refractivity (Wildman–Crippen MR) is 156 cm³/mol. The van der Waals surface area contributed by atoms with Gasteiger partial charge in [0.05, 0.1) is 36.8 Å². The number of nitrogens with zero attached hydrogens (tertiary/aromatic N) is 2. The van der Waals surface area contributed by atoms with Crippen molar-refractivity contribution in [1.82, 2.24) is 9.21 Å². The summed E-state index contributed by atoms with van der Waals surface area (Å²) in [5.41, 5.74) is 0.751. The van der Waals surface area contributed by atoms with Crippen molar-refractivity contribution in [3.8, 4) is 11.5 Å². The number of nitrogens with one attached hydrogen (secondary N) is 1. The van der Waals surface area contributed by atoms with E-state index in [4.69, 9.17) is 9.47 Å². The second-order valence-electron chi connectivity index (χ2n) is 11.1. The standard InChI is InChI=1S/C30H41N3O7S/c1-20-17-33(21(2)19-34)30(36)26-16-23(31-29(35)22-8-6-5-7-9-22)10-15-27(26)40-28(20)18-32(3)41(37,38)25-13-11-24(39-4)12-14-25/h10-16,20-22,28,34H,5-9,17-19H2,1-4H3,(H,31,35)/t20-,21-,28-/m0/s1. The third-order valence-electron chi connectivity index (χ3n) is 8.11. The number of rotatable bonds is 9. The number of fused-ring (bicyclic) bond motifs is 1. The number of hydrogen-bond donors (Lipinski definition) is 2. The molecule has 0 bridgehead atoms. The lowest BCUT2D eigenvalue weighted by molar-refractivity contribution is -0.120. The summed E-state index contributed by atoms with van der Waals surface area (Å²) < 4.78 is 39.4. The highest BCUT2D eigenvalue weighted by Gasteiger charge is 2.35. The molecule has 11 heteroatoms. The number of aliphatic hydroxyl groups is 1. The van der Waals surface area contributed by atoms with Crippen LogP contribution >= 0.6 is 0 Å². The van der Waals surface area contributed by atoms with Crippen molar-refractivity contribution in [2.24, 2.45) is 11.8 Å². The highest BCUT2D eigenvalue weighted by molar-refractivity contribution is 7.89. The minimum Gasteiger partial charge on any atom is -0.497 e. The normalized spacial score (nSPS) is 20.9. The molecule has 0 spiro atoms. The van der Waals surface area contributed by atoms with E-state index in [9.17, 15) is 23.1 Å². The third kappa shape index (κ3) is 7.02. The van der Waals surface area contributed by atoms with Gasteiger partial charge in [-0.25, -0.2) is 8.42 Å². The lowest BCUT2D eigenvalue weighted by Crippen LogP contribution is -2.50. The Labute approximate surface area is 242 Å². The maximum atomic E-state index is 13.7. The van der Waals surface area contributed by atoms with Gasteiger partial charge in [0.1, 0.15) is 17.6 Å². The monoisotopic (exact) mass is 587 g/mol. The van der Waals surface area contributed by atoms with Crippen molar-refractivity contribution in [1.29, 1.82) is 0 Å². The second-order valence-corrected chi connectivity index (χ2v) is 13.2. The fraction of sp³-hybridized carbons (Fsp3) is 0.533. The molecule has 0 radical (unpaired) electrons. The van der Waals surface area contributed by atoms with Crippen LogP contribution < -0.4 is 14.8 Å². The number of carbonyl (C=O) groups excluding carboxylic acids is 2. The minimum absolute atomic E-state index is 0.0324. The summed E-state index contributed by atoms with van der Waals surface area (Å²) in [6.07, 6.45) is 4.32. The number of benzene rings is 2. The van der Waals surface area contributed by atoms with Crippen molar-refractivity contribution in [2.75, 3.05) is 39.2 Å². The van der Waals surface area contributed by atoms with Gasteiger partial charge in [-0.2, -0.15) is 4.31 Å². The van der Waals surface area contributed by atoms with E-state index in [1.54, 1.807) is 42.2 Å². The van der Waals surface area contributed by atoms with Crippen LogP contribution in [0.2, 0.25) is 0 Å².